The quantitative estimate of drug-likeness (QED) is 0.791. The SMILES string of the molecule is N#Cc1ccccc1NC(=O)COC(=O)CCOc1ccccc1. The maximum absolute atomic E-state index is 11.8. The molecule has 1 N–H and O–H groups in total. The first-order chi connectivity index (χ1) is 11.7. The Morgan fingerprint density at radius 3 is 2.50 bits per heavy atom. The normalized spacial score (nSPS) is 9.62. The lowest BCUT2D eigenvalue weighted by Crippen LogP contribution is -2.22. The van der Waals surface area contributed by atoms with E-state index in [4.69, 9.17) is 14.7 Å². The molecule has 6 heteroatoms. The number of amides is 1. The minimum Gasteiger partial charge on any atom is -0.493 e. The first-order valence-corrected chi connectivity index (χ1v) is 7.31. The van der Waals surface area contributed by atoms with E-state index in [1.54, 1.807) is 36.4 Å². The van der Waals surface area contributed by atoms with E-state index >= 15 is 0 Å². The van der Waals surface area contributed by atoms with Gasteiger partial charge in [-0.2, -0.15) is 5.26 Å². The zero-order chi connectivity index (χ0) is 17.2. The fraction of sp³-hybridized carbons (Fsp3) is 0.167. The van der Waals surface area contributed by atoms with Gasteiger partial charge in [-0.1, -0.05) is 30.3 Å². The molecule has 24 heavy (non-hydrogen) atoms. The van der Waals surface area contributed by atoms with E-state index in [1.807, 2.05) is 24.3 Å². The van der Waals surface area contributed by atoms with Crippen LogP contribution in [0.3, 0.4) is 0 Å². The number of hydrogen-bond acceptors (Lipinski definition) is 5. The number of benzene rings is 2. The average Bonchev–Trinajstić information content (AvgIpc) is 2.61. The molecule has 2 aromatic rings. The van der Waals surface area contributed by atoms with Crippen LogP contribution in [0.15, 0.2) is 54.6 Å². The van der Waals surface area contributed by atoms with Crippen LogP contribution in [-0.2, 0) is 14.3 Å². The van der Waals surface area contributed by atoms with Crippen molar-refractivity contribution in [2.45, 2.75) is 6.42 Å². The van der Waals surface area contributed by atoms with E-state index in [-0.39, 0.29) is 13.0 Å². The lowest BCUT2D eigenvalue weighted by molar-refractivity contribution is -0.147. The van der Waals surface area contributed by atoms with Crippen molar-refractivity contribution >= 4 is 17.6 Å². The van der Waals surface area contributed by atoms with Crippen molar-refractivity contribution in [3.63, 3.8) is 0 Å². The van der Waals surface area contributed by atoms with Gasteiger partial charge in [0, 0.05) is 0 Å². The van der Waals surface area contributed by atoms with Crippen LogP contribution >= 0.6 is 0 Å². The van der Waals surface area contributed by atoms with Gasteiger partial charge in [0.05, 0.1) is 24.3 Å². The number of nitrogens with zero attached hydrogens (tertiary/aromatic N) is 1. The highest BCUT2D eigenvalue weighted by Gasteiger charge is 2.10. The van der Waals surface area contributed by atoms with Crippen LogP contribution in [0.2, 0.25) is 0 Å². The zero-order valence-electron chi connectivity index (χ0n) is 12.9. The molecular weight excluding hydrogens is 308 g/mol. The van der Waals surface area contributed by atoms with Gasteiger partial charge in [-0.3, -0.25) is 9.59 Å². The van der Waals surface area contributed by atoms with Gasteiger partial charge >= 0.3 is 5.97 Å². The summed E-state index contributed by atoms with van der Waals surface area (Å²) in [6.45, 7) is -0.244. The van der Waals surface area contributed by atoms with E-state index in [9.17, 15) is 9.59 Å². The largest absolute Gasteiger partial charge is 0.493 e. The van der Waals surface area contributed by atoms with Crippen molar-refractivity contribution in [2.24, 2.45) is 0 Å². The van der Waals surface area contributed by atoms with Gasteiger partial charge < -0.3 is 14.8 Å². The summed E-state index contributed by atoms with van der Waals surface area (Å²) in [7, 11) is 0. The van der Waals surface area contributed by atoms with E-state index in [0.717, 1.165) is 0 Å². The number of nitriles is 1. The molecule has 0 heterocycles. The van der Waals surface area contributed by atoms with Crippen molar-refractivity contribution in [2.75, 3.05) is 18.5 Å². The van der Waals surface area contributed by atoms with E-state index in [1.165, 1.54) is 0 Å². The first-order valence-electron chi connectivity index (χ1n) is 7.31. The topological polar surface area (TPSA) is 88.4 Å². The van der Waals surface area contributed by atoms with Gasteiger partial charge in [0.25, 0.3) is 5.91 Å². The maximum atomic E-state index is 11.8. The minimum absolute atomic E-state index is 0.0386. The molecule has 122 valence electrons. The van der Waals surface area contributed by atoms with Gasteiger partial charge in [0.15, 0.2) is 6.61 Å². The Bertz CT molecular complexity index is 738. The molecular formula is C18H16N2O4. The maximum Gasteiger partial charge on any atom is 0.309 e. The molecule has 1 amide bonds. The number of hydrogen-bond donors (Lipinski definition) is 1. The Balaban J connectivity index is 1.69. The second-order valence-electron chi connectivity index (χ2n) is 4.78. The molecule has 0 radical (unpaired) electrons. The molecule has 0 aliphatic carbocycles. The van der Waals surface area contributed by atoms with Crippen molar-refractivity contribution < 1.29 is 19.1 Å². The highest BCUT2D eigenvalue weighted by Crippen LogP contribution is 2.13. The predicted molar refractivity (Wildman–Crippen MR) is 87.3 cm³/mol. The molecule has 2 aromatic carbocycles. The summed E-state index contributed by atoms with van der Waals surface area (Å²) in [6, 6.07) is 17.6. The molecule has 2 rings (SSSR count). The lowest BCUT2D eigenvalue weighted by atomic mass is 10.2. The molecule has 0 fully saturated rings. The Morgan fingerprint density at radius 1 is 1.04 bits per heavy atom. The zero-order valence-corrected chi connectivity index (χ0v) is 12.9. The highest BCUT2D eigenvalue weighted by atomic mass is 16.5. The molecule has 0 aliphatic heterocycles. The summed E-state index contributed by atoms with van der Waals surface area (Å²) in [6.07, 6.45) is 0.0386. The van der Waals surface area contributed by atoms with Crippen molar-refractivity contribution in [3.8, 4) is 11.8 Å². The van der Waals surface area contributed by atoms with Gasteiger partial charge in [0.2, 0.25) is 0 Å². The van der Waals surface area contributed by atoms with Gasteiger partial charge in [-0.15, -0.1) is 0 Å². The van der Waals surface area contributed by atoms with Crippen LogP contribution in [0.5, 0.6) is 5.75 Å². The van der Waals surface area contributed by atoms with E-state index in [2.05, 4.69) is 5.32 Å². The Hall–Kier alpha value is -3.33. The van der Waals surface area contributed by atoms with Gasteiger partial charge in [-0.05, 0) is 24.3 Å². The number of para-hydroxylation sites is 2. The molecule has 0 unspecified atom stereocenters. The smallest absolute Gasteiger partial charge is 0.309 e. The molecule has 0 bridgehead atoms. The summed E-state index contributed by atoms with van der Waals surface area (Å²) in [4.78, 5) is 23.3. The van der Waals surface area contributed by atoms with Crippen LogP contribution in [0.25, 0.3) is 0 Å². The molecule has 0 atom stereocenters. The number of rotatable bonds is 7. The molecule has 0 aromatic heterocycles. The van der Waals surface area contributed by atoms with Gasteiger partial charge in [-0.25, -0.2) is 0 Å². The Labute approximate surface area is 139 Å². The number of ether oxygens (including phenoxy) is 2. The standard InChI is InChI=1S/C18H16N2O4/c19-12-14-6-4-5-9-16(14)20-17(21)13-24-18(22)10-11-23-15-7-2-1-3-8-15/h1-9H,10-11,13H2,(H,20,21). The third-order valence-electron chi connectivity index (χ3n) is 3.00. The molecule has 0 aliphatic rings. The number of nitrogens with one attached hydrogen (secondary N) is 1. The second kappa shape index (κ2) is 8.96. The first kappa shape index (κ1) is 17.0. The summed E-state index contributed by atoms with van der Waals surface area (Å²) in [5, 5.41) is 11.5. The Morgan fingerprint density at radius 2 is 1.75 bits per heavy atom. The third-order valence-corrected chi connectivity index (χ3v) is 3.00. The average molecular weight is 324 g/mol. The highest BCUT2D eigenvalue weighted by molar-refractivity contribution is 5.93. The van der Waals surface area contributed by atoms with Gasteiger partial charge in [0.1, 0.15) is 11.8 Å². The van der Waals surface area contributed by atoms with Crippen LogP contribution in [0, 0.1) is 11.3 Å². The molecule has 0 saturated carbocycles. The second-order valence-corrected chi connectivity index (χ2v) is 4.78. The van der Waals surface area contributed by atoms with E-state index in [0.29, 0.717) is 17.0 Å². The number of carbonyl (C=O) groups is 2. The van der Waals surface area contributed by atoms with Crippen LogP contribution in [-0.4, -0.2) is 25.1 Å². The summed E-state index contributed by atoms with van der Waals surface area (Å²) in [5.41, 5.74) is 0.724. The fourth-order valence-electron chi connectivity index (χ4n) is 1.86. The monoisotopic (exact) mass is 324 g/mol. The Kier molecular flexibility index (Phi) is 6.35. The van der Waals surface area contributed by atoms with Crippen molar-refractivity contribution in [1.82, 2.24) is 0 Å². The van der Waals surface area contributed by atoms with Crippen molar-refractivity contribution in [1.29, 1.82) is 5.26 Å². The summed E-state index contributed by atoms with van der Waals surface area (Å²) in [5.74, 6) is -0.374. The third kappa shape index (κ3) is 5.46. The van der Waals surface area contributed by atoms with Crippen LogP contribution in [0.4, 0.5) is 5.69 Å². The molecule has 6 nitrogen and oxygen atoms in total. The number of carbonyl (C=O) groups excluding carboxylic acids is 2. The lowest BCUT2D eigenvalue weighted by Gasteiger charge is -2.08. The fourth-order valence-corrected chi connectivity index (χ4v) is 1.86. The molecule has 0 spiro atoms. The molecule has 0 saturated heterocycles. The van der Waals surface area contributed by atoms with Crippen LogP contribution in [0.1, 0.15) is 12.0 Å². The van der Waals surface area contributed by atoms with Crippen molar-refractivity contribution in [3.05, 3.63) is 60.2 Å². The minimum atomic E-state index is -0.533. The van der Waals surface area contributed by atoms with Crippen LogP contribution < -0.4 is 10.1 Å². The number of anilines is 1. The van der Waals surface area contributed by atoms with E-state index < -0.39 is 18.5 Å². The summed E-state index contributed by atoms with van der Waals surface area (Å²) >= 11 is 0. The predicted octanol–water partition coefficient (Wildman–Crippen LogP) is 2.51. The summed E-state index contributed by atoms with van der Waals surface area (Å²) < 4.78 is 10.2. The number of esters is 1.